The average molecular weight is 369 g/mol. The first-order chi connectivity index (χ1) is 11.8. The number of carbonyl (C=O) groups is 1. The highest BCUT2D eigenvalue weighted by molar-refractivity contribution is 6.32. The van der Waals surface area contributed by atoms with Crippen LogP contribution in [0.25, 0.3) is 0 Å². The number of hydrogen-bond donors (Lipinski definition) is 1. The monoisotopic (exact) mass is 368 g/mol. The predicted octanol–water partition coefficient (Wildman–Crippen LogP) is 3.17. The Morgan fingerprint density at radius 2 is 2.12 bits per heavy atom. The van der Waals surface area contributed by atoms with Crippen molar-refractivity contribution in [1.82, 2.24) is 9.78 Å². The second-order valence-corrected chi connectivity index (χ2v) is 6.20. The van der Waals surface area contributed by atoms with Crippen LogP contribution in [-0.2, 0) is 17.3 Å². The van der Waals surface area contributed by atoms with Gasteiger partial charge in [-0.15, -0.1) is 0 Å². The maximum Gasteiger partial charge on any atom is 0.385 e. The number of carbonyl (C=O) groups excluding carboxylic acids is 1. The molecule has 1 heterocycles. The van der Waals surface area contributed by atoms with E-state index in [1.165, 1.54) is 7.05 Å². The first-order valence-corrected chi connectivity index (χ1v) is 7.85. The lowest BCUT2D eigenvalue weighted by atomic mass is 9.95. The molecule has 0 saturated heterocycles. The Balaban J connectivity index is 1.77. The molecule has 1 fully saturated rings. The number of benzene rings is 1. The lowest BCUT2D eigenvalue weighted by Gasteiger charge is -2.15. The third-order valence-corrected chi connectivity index (χ3v) is 4.53. The summed E-state index contributed by atoms with van der Waals surface area (Å²) in [6, 6.07) is 8.18. The number of nitrogens with two attached hydrogens (primary N) is 1. The molecule has 0 bridgehead atoms. The third kappa shape index (κ3) is 3.21. The summed E-state index contributed by atoms with van der Waals surface area (Å²) in [6.45, 7) is 0. The topological polar surface area (TPSA) is 82.5 Å². The van der Waals surface area contributed by atoms with Gasteiger partial charge < -0.3 is 10.6 Å². The summed E-state index contributed by atoms with van der Waals surface area (Å²) in [7, 11) is 1.31. The van der Waals surface area contributed by atoms with Crippen LogP contribution in [0, 0.1) is 0 Å². The summed E-state index contributed by atoms with van der Waals surface area (Å²) in [6.07, 6.45) is -1.30. The van der Waals surface area contributed by atoms with Crippen molar-refractivity contribution >= 4 is 23.4 Å². The Bertz CT molecular complexity index is 846. The van der Waals surface area contributed by atoms with Crippen molar-refractivity contribution in [3.05, 3.63) is 52.3 Å². The molecule has 2 aromatic rings. The standard InChI is InChI=1S/C16H15ClF2N4O2/c1-23-12(13(18)19)8-11(21-23)14(24)25-22-15(20)16(6-7-16)9-4-2-3-5-10(9)17/h2-5,8,13H,6-7H2,1H3,(H2,20,22). The van der Waals surface area contributed by atoms with E-state index < -0.39 is 23.5 Å². The molecule has 0 spiro atoms. The van der Waals surface area contributed by atoms with Gasteiger partial charge in [0.15, 0.2) is 11.5 Å². The molecular weight excluding hydrogens is 354 g/mol. The zero-order valence-electron chi connectivity index (χ0n) is 13.2. The zero-order valence-corrected chi connectivity index (χ0v) is 14.0. The van der Waals surface area contributed by atoms with Crippen molar-refractivity contribution in [3.8, 4) is 0 Å². The first kappa shape index (κ1) is 17.3. The molecule has 0 atom stereocenters. The number of oxime groups is 1. The van der Waals surface area contributed by atoms with Crippen LogP contribution in [0.15, 0.2) is 35.5 Å². The molecule has 1 aromatic carbocycles. The molecule has 1 saturated carbocycles. The fourth-order valence-electron chi connectivity index (χ4n) is 2.65. The first-order valence-electron chi connectivity index (χ1n) is 7.47. The maximum absolute atomic E-state index is 12.7. The van der Waals surface area contributed by atoms with Gasteiger partial charge in [0.25, 0.3) is 6.43 Å². The van der Waals surface area contributed by atoms with Crippen LogP contribution in [0.2, 0.25) is 5.02 Å². The maximum atomic E-state index is 12.7. The number of amidine groups is 1. The van der Waals surface area contributed by atoms with E-state index in [4.69, 9.17) is 22.2 Å². The summed E-state index contributed by atoms with van der Waals surface area (Å²) < 4.78 is 26.4. The van der Waals surface area contributed by atoms with Crippen LogP contribution >= 0.6 is 11.6 Å². The number of hydrogen-bond acceptors (Lipinski definition) is 4. The molecule has 0 radical (unpaired) electrons. The van der Waals surface area contributed by atoms with Gasteiger partial charge >= 0.3 is 5.97 Å². The second kappa shape index (κ2) is 6.44. The van der Waals surface area contributed by atoms with Gasteiger partial charge in [-0.1, -0.05) is 35.0 Å². The molecular formula is C16H15ClF2N4O2. The van der Waals surface area contributed by atoms with E-state index in [2.05, 4.69) is 10.3 Å². The molecule has 25 heavy (non-hydrogen) atoms. The summed E-state index contributed by atoms with van der Waals surface area (Å²) >= 11 is 6.20. The molecule has 9 heteroatoms. The van der Waals surface area contributed by atoms with E-state index in [9.17, 15) is 13.6 Å². The van der Waals surface area contributed by atoms with E-state index >= 15 is 0 Å². The van der Waals surface area contributed by atoms with Crippen LogP contribution in [0.5, 0.6) is 0 Å². The van der Waals surface area contributed by atoms with E-state index in [-0.39, 0.29) is 11.5 Å². The van der Waals surface area contributed by atoms with Gasteiger partial charge in [0.1, 0.15) is 5.69 Å². The normalized spacial score (nSPS) is 16.1. The molecule has 0 unspecified atom stereocenters. The van der Waals surface area contributed by atoms with Gasteiger partial charge in [0, 0.05) is 18.1 Å². The van der Waals surface area contributed by atoms with Gasteiger partial charge in [-0.3, -0.25) is 4.68 Å². The fourth-order valence-corrected chi connectivity index (χ4v) is 2.96. The van der Waals surface area contributed by atoms with Gasteiger partial charge in [-0.25, -0.2) is 13.6 Å². The van der Waals surface area contributed by atoms with Crippen LogP contribution in [-0.4, -0.2) is 21.6 Å². The van der Waals surface area contributed by atoms with Crippen molar-refractivity contribution in [2.45, 2.75) is 24.7 Å². The Morgan fingerprint density at radius 3 is 2.68 bits per heavy atom. The van der Waals surface area contributed by atoms with Gasteiger partial charge in [0.05, 0.1) is 5.41 Å². The Kier molecular flexibility index (Phi) is 4.47. The molecule has 0 amide bonds. The molecule has 1 aromatic heterocycles. The number of rotatable bonds is 5. The van der Waals surface area contributed by atoms with Crippen LogP contribution in [0.3, 0.4) is 0 Å². The van der Waals surface area contributed by atoms with E-state index in [0.29, 0.717) is 5.02 Å². The molecule has 3 rings (SSSR count). The van der Waals surface area contributed by atoms with Crippen LogP contribution in [0.4, 0.5) is 8.78 Å². The summed E-state index contributed by atoms with van der Waals surface area (Å²) in [5.41, 5.74) is 5.59. The van der Waals surface area contributed by atoms with Crippen molar-refractivity contribution in [2.75, 3.05) is 0 Å². The minimum Gasteiger partial charge on any atom is -0.384 e. The number of aromatic nitrogens is 2. The van der Waals surface area contributed by atoms with Crippen molar-refractivity contribution in [3.63, 3.8) is 0 Å². The van der Waals surface area contributed by atoms with Gasteiger partial charge in [-0.05, 0) is 24.5 Å². The van der Waals surface area contributed by atoms with Crippen molar-refractivity contribution in [2.24, 2.45) is 17.9 Å². The van der Waals surface area contributed by atoms with Gasteiger partial charge in [-0.2, -0.15) is 5.10 Å². The van der Waals surface area contributed by atoms with E-state index in [1.54, 1.807) is 12.1 Å². The second-order valence-electron chi connectivity index (χ2n) is 5.80. The SMILES string of the molecule is Cn1nc(C(=O)O/N=C(\N)C2(c3ccccc3Cl)CC2)cc1C(F)F. The van der Waals surface area contributed by atoms with Crippen LogP contribution in [0.1, 0.15) is 41.0 Å². The minimum absolute atomic E-state index is 0.110. The average Bonchev–Trinajstić information content (AvgIpc) is 3.28. The Morgan fingerprint density at radius 1 is 1.44 bits per heavy atom. The lowest BCUT2D eigenvalue weighted by Crippen LogP contribution is -2.30. The van der Waals surface area contributed by atoms with E-state index in [1.807, 2.05) is 12.1 Å². The van der Waals surface area contributed by atoms with Crippen molar-refractivity contribution in [1.29, 1.82) is 0 Å². The molecule has 1 aliphatic rings. The molecule has 0 aliphatic heterocycles. The number of nitrogens with zero attached hydrogens (tertiary/aromatic N) is 3. The molecule has 6 nitrogen and oxygen atoms in total. The quantitative estimate of drug-likeness (QED) is 0.380. The number of halogens is 3. The predicted molar refractivity (Wildman–Crippen MR) is 87.6 cm³/mol. The molecule has 132 valence electrons. The molecule has 1 aliphatic carbocycles. The fraction of sp³-hybridized carbons (Fsp3) is 0.312. The Labute approximate surface area is 147 Å². The summed E-state index contributed by atoms with van der Waals surface area (Å²) in [5, 5.41) is 7.93. The van der Waals surface area contributed by atoms with Gasteiger partial charge in [0.2, 0.25) is 0 Å². The Hall–Kier alpha value is -2.48. The minimum atomic E-state index is -2.75. The molecule has 2 N–H and O–H groups in total. The zero-order chi connectivity index (χ0) is 18.2. The number of alkyl halides is 2. The smallest absolute Gasteiger partial charge is 0.384 e. The van der Waals surface area contributed by atoms with Crippen molar-refractivity contribution < 1.29 is 18.4 Å². The highest BCUT2D eigenvalue weighted by Crippen LogP contribution is 2.50. The summed E-state index contributed by atoms with van der Waals surface area (Å²) in [5.74, 6) is -0.848. The highest BCUT2D eigenvalue weighted by Gasteiger charge is 2.50. The van der Waals surface area contributed by atoms with Crippen LogP contribution < -0.4 is 5.73 Å². The number of aryl methyl sites for hydroxylation is 1. The largest absolute Gasteiger partial charge is 0.385 e. The van der Waals surface area contributed by atoms with E-state index in [0.717, 1.165) is 29.2 Å². The lowest BCUT2D eigenvalue weighted by molar-refractivity contribution is 0.0506. The highest BCUT2D eigenvalue weighted by atomic mass is 35.5. The third-order valence-electron chi connectivity index (χ3n) is 4.21. The summed E-state index contributed by atoms with van der Waals surface area (Å²) in [4.78, 5) is 16.7.